The van der Waals surface area contributed by atoms with E-state index in [9.17, 15) is 4.79 Å². The highest BCUT2D eigenvalue weighted by molar-refractivity contribution is 6.33. The number of piperazine rings is 1. The van der Waals surface area contributed by atoms with Crippen molar-refractivity contribution >= 4 is 33.8 Å². The molecule has 1 aliphatic heterocycles. The Morgan fingerprint density at radius 2 is 1.62 bits per heavy atom. The third-order valence-electron chi connectivity index (χ3n) is 7.46. The van der Waals surface area contributed by atoms with Gasteiger partial charge in [-0.05, 0) is 61.5 Å². The summed E-state index contributed by atoms with van der Waals surface area (Å²) in [5.74, 6) is 0.796. The maximum absolute atomic E-state index is 13.2. The van der Waals surface area contributed by atoms with Crippen LogP contribution in [0.3, 0.4) is 0 Å². The van der Waals surface area contributed by atoms with Gasteiger partial charge in [-0.1, -0.05) is 48.0 Å². The number of ether oxygens (including phenoxy) is 1. The SMILES string of the molecule is O=C1c2ccccc2-c2nccc3cc(OCCCCCN4CCN(c5ccccc5Cl)CC4)cc1c23. The second-order valence-corrected chi connectivity index (χ2v) is 10.2. The van der Waals surface area contributed by atoms with Crippen LogP contribution in [0.1, 0.15) is 35.2 Å². The molecule has 5 nitrogen and oxygen atoms in total. The highest BCUT2D eigenvalue weighted by Gasteiger charge is 2.26. The monoisotopic (exact) mass is 511 g/mol. The van der Waals surface area contributed by atoms with Crippen molar-refractivity contribution < 1.29 is 9.53 Å². The summed E-state index contributed by atoms with van der Waals surface area (Å²) in [7, 11) is 0. The highest BCUT2D eigenvalue weighted by Crippen LogP contribution is 2.39. The number of ketones is 1. The molecule has 0 spiro atoms. The molecule has 1 saturated heterocycles. The molecule has 0 unspecified atom stereocenters. The molecule has 1 aromatic heterocycles. The van der Waals surface area contributed by atoms with E-state index in [-0.39, 0.29) is 5.78 Å². The number of benzene rings is 3. The van der Waals surface area contributed by atoms with Gasteiger partial charge in [-0.15, -0.1) is 0 Å². The Hall–Kier alpha value is -3.41. The average molecular weight is 512 g/mol. The first-order chi connectivity index (χ1) is 18.2. The minimum Gasteiger partial charge on any atom is -0.494 e. The lowest BCUT2D eigenvalue weighted by molar-refractivity contribution is 0.103. The molecule has 0 saturated carbocycles. The summed E-state index contributed by atoms with van der Waals surface area (Å²) in [6, 6.07) is 21.7. The lowest BCUT2D eigenvalue weighted by Gasteiger charge is -2.36. The summed E-state index contributed by atoms with van der Waals surface area (Å²) >= 11 is 6.37. The molecule has 188 valence electrons. The van der Waals surface area contributed by atoms with Gasteiger partial charge in [0.05, 0.1) is 23.0 Å². The van der Waals surface area contributed by atoms with Gasteiger partial charge in [-0.25, -0.2) is 0 Å². The molecule has 0 radical (unpaired) electrons. The van der Waals surface area contributed by atoms with E-state index in [1.807, 2.05) is 60.8 Å². The maximum atomic E-state index is 13.2. The number of unbranched alkanes of at least 4 members (excludes halogenated alkanes) is 2. The van der Waals surface area contributed by atoms with Gasteiger partial charge in [0.15, 0.2) is 5.78 Å². The minimum absolute atomic E-state index is 0.0428. The van der Waals surface area contributed by atoms with Gasteiger partial charge in [-0.2, -0.15) is 0 Å². The zero-order valence-electron chi connectivity index (χ0n) is 20.8. The van der Waals surface area contributed by atoms with Crippen LogP contribution in [-0.4, -0.2) is 55.0 Å². The smallest absolute Gasteiger partial charge is 0.194 e. The third kappa shape index (κ3) is 4.81. The predicted octanol–water partition coefficient (Wildman–Crippen LogP) is 6.47. The number of hydrogen-bond acceptors (Lipinski definition) is 5. The normalized spacial score (nSPS) is 15.2. The van der Waals surface area contributed by atoms with Crippen LogP contribution >= 0.6 is 11.6 Å². The van der Waals surface area contributed by atoms with Crippen LogP contribution in [0.5, 0.6) is 5.75 Å². The largest absolute Gasteiger partial charge is 0.494 e. The predicted molar refractivity (Wildman–Crippen MR) is 150 cm³/mol. The van der Waals surface area contributed by atoms with E-state index in [1.165, 1.54) is 0 Å². The van der Waals surface area contributed by atoms with Crippen molar-refractivity contribution in [3.63, 3.8) is 0 Å². The molecule has 0 bridgehead atoms. The van der Waals surface area contributed by atoms with Crippen LogP contribution in [0.15, 0.2) is 72.9 Å². The Morgan fingerprint density at radius 3 is 2.46 bits per heavy atom. The number of pyridine rings is 1. The van der Waals surface area contributed by atoms with Gasteiger partial charge >= 0.3 is 0 Å². The fraction of sp³-hybridized carbons (Fsp3) is 0.290. The minimum atomic E-state index is 0.0428. The number of hydrogen-bond donors (Lipinski definition) is 0. The van der Waals surface area contributed by atoms with Crippen LogP contribution in [0, 0.1) is 0 Å². The van der Waals surface area contributed by atoms with E-state index in [0.717, 1.165) is 90.5 Å². The first-order valence-electron chi connectivity index (χ1n) is 13.1. The van der Waals surface area contributed by atoms with Gasteiger partial charge in [0.25, 0.3) is 0 Å². The Labute approximate surface area is 222 Å². The molecule has 6 rings (SSSR count). The third-order valence-corrected chi connectivity index (χ3v) is 7.78. The summed E-state index contributed by atoms with van der Waals surface area (Å²) in [5.41, 5.74) is 4.32. The molecule has 2 heterocycles. The standard InChI is InChI=1S/C31H30ClN3O2/c32-27-10-4-5-11-28(27)35-17-15-34(16-18-35)14-6-1-7-19-37-23-20-22-12-13-33-30-24-8-2-3-9-25(24)31(36)26(21-23)29(22)30/h2-5,8-13,20-21H,1,6-7,14-19H2. The maximum Gasteiger partial charge on any atom is 0.194 e. The zero-order chi connectivity index (χ0) is 25.2. The van der Waals surface area contributed by atoms with Crippen molar-refractivity contribution in [2.75, 3.05) is 44.2 Å². The van der Waals surface area contributed by atoms with Crippen molar-refractivity contribution in [2.45, 2.75) is 19.3 Å². The number of halogens is 1. The van der Waals surface area contributed by atoms with Crippen LogP contribution in [-0.2, 0) is 0 Å². The number of fused-ring (bicyclic) bond motifs is 2. The quantitative estimate of drug-likeness (QED) is 0.223. The lowest BCUT2D eigenvalue weighted by atomic mass is 9.85. The van der Waals surface area contributed by atoms with Crippen molar-refractivity contribution in [1.82, 2.24) is 9.88 Å². The van der Waals surface area contributed by atoms with E-state index in [2.05, 4.69) is 26.9 Å². The number of aromatic nitrogens is 1. The molecule has 0 atom stereocenters. The second-order valence-electron chi connectivity index (χ2n) is 9.79. The van der Waals surface area contributed by atoms with E-state index in [1.54, 1.807) is 0 Å². The molecule has 37 heavy (non-hydrogen) atoms. The van der Waals surface area contributed by atoms with Gasteiger partial charge in [0, 0.05) is 54.5 Å². The molecule has 6 heteroatoms. The zero-order valence-corrected chi connectivity index (χ0v) is 21.6. The van der Waals surface area contributed by atoms with Crippen molar-refractivity contribution in [2.24, 2.45) is 0 Å². The summed E-state index contributed by atoms with van der Waals surface area (Å²) in [6.07, 6.45) is 5.08. The molecular formula is C31H30ClN3O2. The van der Waals surface area contributed by atoms with Gasteiger partial charge in [-0.3, -0.25) is 14.7 Å². The second kappa shape index (κ2) is 10.5. The van der Waals surface area contributed by atoms with Crippen molar-refractivity contribution in [3.05, 3.63) is 89.1 Å². The Morgan fingerprint density at radius 1 is 0.838 bits per heavy atom. The fourth-order valence-corrected chi connectivity index (χ4v) is 5.77. The van der Waals surface area contributed by atoms with Crippen molar-refractivity contribution in [3.8, 4) is 17.0 Å². The molecular weight excluding hydrogens is 482 g/mol. The molecule has 3 aromatic carbocycles. The molecule has 4 aromatic rings. The van der Waals surface area contributed by atoms with E-state index in [0.29, 0.717) is 17.7 Å². The van der Waals surface area contributed by atoms with E-state index < -0.39 is 0 Å². The molecule has 1 aliphatic carbocycles. The topological polar surface area (TPSA) is 45.7 Å². The number of para-hydroxylation sites is 1. The lowest BCUT2D eigenvalue weighted by Crippen LogP contribution is -2.46. The molecule has 0 amide bonds. The van der Waals surface area contributed by atoms with Gasteiger partial charge in [0.2, 0.25) is 0 Å². The van der Waals surface area contributed by atoms with Crippen LogP contribution in [0.4, 0.5) is 5.69 Å². The van der Waals surface area contributed by atoms with Gasteiger partial charge in [0.1, 0.15) is 5.75 Å². The fourth-order valence-electron chi connectivity index (χ4n) is 5.51. The van der Waals surface area contributed by atoms with Crippen LogP contribution < -0.4 is 9.64 Å². The Bertz CT molecular complexity index is 1450. The first-order valence-corrected chi connectivity index (χ1v) is 13.5. The number of carbonyl (C=O) groups excluding carboxylic acids is 1. The average Bonchev–Trinajstić information content (AvgIpc) is 2.94. The number of rotatable bonds is 8. The van der Waals surface area contributed by atoms with Crippen LogP contribution in [0.25, 0.3) is 22.0 Å². The van der Waals surface area contributed by atoms with Gasteiger partial charge < -0.3 is 9.64 Å². The first kappa shape index (κ1) is 24.0. The van der Waals surface area contributed by atoms with E-state index >= 15 is 0 Å². The Balaban J connectivity index is 0.998. The molecule has 1 fully saturated rings. The highest BCUT2D eigenvalue weighted by atomic mass is 35.5. The Kier molecular flexibility index (Phi) is 6.81. The molecule has 0 N–H and O–H groups in total. The number of carbonyl (C=O) groups is 1. The summed E-state index contributed by atoms with van der Waals surface area (Å²) < 4.78 is 6.12. The summed E-state index contributed by atoms with van der Waals surface area (Å²) in [6.45, 7) is 5.91. The summed E-state index contributed by atoms with van der Waals surface area (Å²) in [4.78, 5) is 22.7. The van der Waals surface area contributed by atoms with Crippen LogP contribution in [0.2, 0.25) is 5.02 Å². The van der Waals surface area contributed by atoms with Crippen molar-refractivity contribution in [1.29, 1.82) is 0 Å². The number of anilines is 1. The molecule has 2 aliphatic rings. The number of nitrogens with zero attached hydrogens (tertiary/aromatic N) is 3. The van der Waals surface area contributed by atoms with E-state index in [4.69, 9.17) is 16.3 Å². The summed E-state index contributed by atoms with van der Waals surface area (Å²) in [5, 5.41) is 2.75.